The quantitative estimate of drug-likeness (QED) is 0.270. The van der Waals surface area contributed by atoms with Crippen LogP contribution in [0.3, 0.4) is 0 Å². The standard InChI is InChI=1S/C11H23NO5.C6H5NO4/c1-12-11(13)3-4-15-7-8-17-10-9-16-6-5-14-2;8-4-1-2-5(9)7(4)3-6(10)11/h3-10H2,1-2H3,(H,12,13);1-2H,3H2,(H,10,11). The number of amides is 3. The molecule has 0 spiro atoms. The summed E-state index contributed by atoms with van der Waals surface area (Å²) in [7, 11) is 3.24. The van der Waals surface area contributed by atoms with E-state index in [9.17, 15) is 19.2 Å². The Kier molecular flexibility index (Phi) is 15.4. The lowest BCUT2D eigenvalue weighted by atomic mass is 10.4. The molecule has 0 aromatic carbocycles. The molecule has 1 aliphatic rings. The fraction of sp³-hybridized carbons (Fsp3) is 0.647. The molecule has 0 unspecified atom stereocenters. The Morgan fingerprint density at radius 2 is 1.39 bits per heavy atom. The van der Waals surface area contributed by atoms with Crippen LogP contribution in [0, 0.1) is 0 Å². The molecule has 2 N–H and O–H groups in total. The summed E-state index contributed by atoms with van der Waals surface area (Å²) in [6, 6.07) is 0. The molecule has 11 heteroatoms. The number of nitrogens with zero attached hydrogens (tertiary/aromatic N) is 1. The summed E-state index contributed by atoms with van der Waals surface area (Å²) in [5, 5.41) is 10.8. The zero-order valence-electron chi connectivity index (χ0n) is 16.2. The van der Waals surface area contributed by atoms with E-state index < -0.39 is 24.3 Å². The lowest BCUT2D eigenvalue weighted by molar-refractivity contribution is -0.147. The van der Waals surface area contributed by atoms with Gasteiger partial charge in [0.05, 0.1) is 46.2 Å². The maximum Gasteiger partial charge on any atom is 0.323 e. The van der Waals surface area contributed by atoms with Crippen LogP contribution in [0.1, 0.15) is 6.42 Å². The first-order chi connectivity index (χ1) is 13.4. The van der Waals surface area contributed by atoms with Crippen molar-refractivity contribution in [2.45, 2.75) is 6.42 Å². The van der Waals surface area contributed by atoms with Gasteiger partial charge in [-0.2, -0.15) is 0 Å². The van der Waals surface area contributed by atoms with Crippen molar-refractivity contribution in [3.8, 4) is 0 Å². The summed E-state index contributed by atoms with van der Waals surface area (Å²) in [6.45, 7) is 3.16. The molecule has 0 aromatic rings. The number of methoxy groups -OCH3 is 1. The van der Waals surface area contributed by atoms with Gasteiger partial charge in [0, 0.05) is 32.7 Å². The molecular weight excluding hydrogens is 376 g/mol. The van der Waals surface area contributed by atoms with Crippen LogP contribution in [0.25, 0.3) is 0 Å². The minimum absolute atomic E-state index is 0.0162. The van der Waals surface area contributed by atoms with Gasteiger partial charge in [-0.05, 0) is 0 Å². The summed E-state index contributed by atoms with van der Waals surface area (Å²) in [5.74, 6) is -2.36. The smallest absolute Gasteiger partial charge is 0.323 e. The zero-order chi connectivity index (χ0) is 21.2. The van der Waals surface area contributed by atoms with Crippen molar-refractivity contribution in [1.82, 2.24) is 10.2 Å². The van der Waals surface area contributed by atoms with Gasteiger partial charge in [-0.1, -0.05) is 0 Å². The maximum atomic E-state index is 10.8. The van der Waals surface area contributed by atoms with Crippen molar-refractivity contribution < 1.29 is 43.2 Å². The Labute approximate surface area is 163 Å². The van der Waals surface area contributed by atoms with Crippen molar-refractivity contribution >= 4 is 23.7 Å². The predicted molar refractivity (Wildman–Crippen MR) is 96.5 cm³/mol. The third kappa shape index (κ3) is 13.8. The van der Waals surface area contributed by atoms with Gasteiger partial charge in [0.15, 0.2) is 0 Å². The van der Waals surface area contributed by atoms with Gasteiger partial charge < -0.3 is 29.4 Å². The second-order valence-electron chi connectivity index (χ2n) is 5.24. The van der Waals surface area contributed by atoms with Crippen molar-refractivity contribution in [2.24, 2.45) is 0 Å². The number of rotatable bonds is 14. The monoisotopic (exact) mass is 404 g/mol. The van der Waals surface area contributed by atoms with Crippen molar-refractivity contribution in [3.05, 3.63) is 12.2 Å². The van der Waals surface area contributed by atoms with E-state index in [1.165, 1.54) is 0 Å². The van der Waals surface area contributed by atoms with Gasteiger partial charge in [0.1, 0.15) is 6.54 Å². The molecule has 28 heavy (non-hydrogen) atoms. The highest BCUT2D eigenvalue weighted by molar-refractivity contribution is 6.14. The second kappa shape index (κ2) is 16.8. The van der Waals surface area contributed by atoms with E-state index in [4.69, 9.17) is 24.1 Å². The number of carboxylic acids is 1. The normalized spacial score (nSPS) is 12.7. The fourth-order valence-corrected chi connectivity index (χ4v) is 1.70. The van der Waals surface area contributed by atoms with Crippen LogP contribution < -0.4 is 5.32 Å². The summed E-state index contributed by atoms with van der Waals surface area (Å²) in [5.41, 5.74) is 0. The van der Waals surface area contributed by atoms with Crippen molar-refractivity contribution in [3.63, 3.8) is 0 Å². The van der Waals surface area contributed by atoms with Crippen LogP contribution >= 0.6 is 0 Å². The minimum Gasteiger partial charge on any atom is -0.480 e. The summed E-state index contributed by atoms with van der Waals surface area (Å²) < 4.78 is 20.5. The lowest BCUT2D eigenvalue weighted by Gasteiger charge is -2.08. The van der Waals surface area contributed by atoms with Crippen molar-refractivity contribution in [2.75, 3.05) is 67.0 Å². The average Bonchev–Trinajstić information content (AvgIpc) is 2.98. The molecule has 0 fully saturated rings. The Morgan fingerprint density at radius 1 is 0.929 bits per heavy atom. The van der Waals surface area contributed by atoms with Gasteiger partial charge in [-0.25, -0.2) is 0 Å². The van der Waals surface area contributed by atoms with E-state index in [2.05, 4.69) is 5.32 Å². The summed E-state index contributed by atoms with van der Waals surface area (Å²) in [6.07, 6.45) is 2.48. The van der Waals surface area contributed by atoms with E-state index >= 15 is 0 Å². The van der Waals surface area contributed by atoms with Crippen molar-refractivity contribution in [1.29, 1.82) is 0 Å². The number of hydrogen-bond acceptors (Lipinski definition) is 8. The van der Waals surface area contributed by atoms with E-state index in [-0.39, 0.29) is 5.91 Å². The van der Waals surface area contributed by atoms with Crippen LogP contribution in [0.15, 0.2) is 12.2 Å². The highest BCUT2D eigenvalue weighted by atomic mass is 16.6. The van der Waals surface area contributed by atoms with E-state index in [1.807, 2.05) is 0 Å². The largest absolute Gasteiger partial charge is 0.480 e. The number of aliphatic carboxylic acids is 1. The molecular formula is C17H28N2O9. The van der Waals surface area contributed by atoms with E-state index in [0.717, 1.165) is 12.2 Å². The molecule has 160 valence electrons. The molecule has 1 rings (SSSR count). The summed E-state index contributed by atoms with van der Waals surface area (Å²) in [4.78, 5) is 42.9. The summed E-state index contributed by atoms with van der Waals surface area (Å²) >= 11 is 0. The number of hydrogen-bond donors (Lipinski definition) is 2. The topological polar surface area (TPSA) is 141 Å². The number of imide groups is 1. The van der Waals surface area contributed by atoms with Crippen LogP contribution in [-0.4, -0.2) is 101 Å². The van der Waals surface area contributed by atoms with E-state index in [1.54, 1.807) is 14.2 Å². The minimum atomic E-state index is -1.20. The highest BCUT2D eigenvalue weighted by Gasteiger charge is 2.24. The number of ether oxygens (including phenoxy) is 4. The molecule has 0 bridgehead atoms. The molecule has 0 aliphatic carbocycles. The first-order valence-corrected chi connectivity index (χ1v) is 8.60. The second-order valence-corrected chi connectivity index (χ2v) is 5.24. The van der Waals surface area contributed by atoms with Gasteiger partial charge in [0.25, 0.3) is 11.8 Å². The molecule has 0 saturated heterocycles. The lowest BCUT2D eigenvalue weighted by Crippen LogP contribution is -2.34. The van der Waals surface area contributed by atoms with Gasteiger partial charge >= 0.3 is 5.97 Å². The van der Waals surface area contributed by atoms with Gasteiger partial charge in [0.2, 0.25) is 5.91 Å². The Morgan fingerprint density at radius 3 is 1.82 bits per heavy atom. The average molecular weight is 404 g/mol. The SMILES string of the molecule is CNC(=O)CCOCCOCCOCCOC.O=C(O)CN1C(=O)C=CC1=O. The highest BCUT2D eigenvalue weighted by Crippen LogP contribution is 2.01. The van der Waals surface area contributed by atoms with Crippen LogP contribution in [0.5, 0.6) is 0 Å². The van der Waals surface area contributed by atoms with Gasteiger partial charge in [-0.15, -0.1) is 0 Å². The first kappa shape index (κ1) is 25.7. The first-order valence-electron chi connectivity index (χ1n) is 8.60. The number of carbonyl (C=O) groups is 4. The molecule has 1 aliphatic heterocycles. The number of carboxylic acid groups (broad SMARTS) is 1. The molecule has 0 radical (unpaired) electrons. The fourth-order valence-electron chi connectivity index (χ4n) is 1.70. The zero-order valence-corrected chi connectivity index (χ0v) is 16.2. The third-order valence-electron chi connectivity index (χ3n) is 3.12. The van der Waals surface area contributed by atoms with Gasteiger partial charge in [-0.3, -0.25) is 24.1 Å². The third-order valence-corrected chi connectivity index (χ3v) is 3.12. The molecule has 0 saturated carbocycles. The Balaban J connectivity index is 0.000000567. The van der Waals surface area contributed by atoms with Crippen LogP contribution in [-0.2, 0) is 38.1 Å². The van der Waals surface area contributed by atoms with Crippen LogP contribution in [0.2, 0.25) is 0 Å². The number of nitrogens with one attached hydrogen (secondary N) is 1. The number of carbonyl (C=O) groups excluding carboxylic acids is 3. The Hall–Kier alpha value is -2.34. The Bertz CT molecular complexity index is 505. The van der Waals surface area contributed by atoms with E-state index in [0.29, 0.717) is 57.6 Å². The molecule has 0 atom stereocenters. The molecule has 0 aromatic heterocycles. The predicted octanol–water partition coefficient (Wildman–Crippen LogP) is -1.19. The molecule has 11 nitrogen and oxygen atoms in total. The maximum absolute atomic E-state index is 10.8. The van der Waals surface area contributed by atoms with Crippen LogP contribution in [0.4, 0.5) is 0 Å². The molecule has 3 amide bonds. The molecule has 1 heterocycles.